The standard InChI is InChI=1S/C15H17N3OS2/c19-12-9-10(11-5-4-8-20-11)13-14(16-12)17-15(21-13)18-6-2-1-3-7-18/h4-5,8,10H,1-3,6-7,9H2,(H,16,19). The van der Waals surface area contributed by atoms with Crippen LogP contribution in [0.4, 0.5) is 10.9 Å². The fourth-order valence-corrected chi connectivity index (χ4v) is 5.15. The monoisotopic (exact) mass is 319 g/mol. The highest BCUT2D eigenvalue weighted by atomic mass is 32.1. The summed E-state index contributed by atoms with van der Waals surface area (Å²) in [7, 11) is 0. The lowest BCUT2D eigenvalue weighted by atomic mass is 9.98. The van der Waals surface area contributed by atoms with Crippen LogP contribution in [0, 0.1) is 0 Å². The van der Waals surface area contributed by atoms with Crippen molar-refractivity contribution in [3.63, 3.8) is 0 Å². The van der Waals surface area contributed by atoms with Crippen molar-refractivity contribution in [3.8, 4) is 0 Å². The number of rotatable bonds is 2. The topological polar surface area (TPSA) is 45.2 Å². The van der Waals surface area contributed by atoms with Gasteiger partial charge in [0.2, 0.25) is 5.91 Å². The van der Waals surface area contributed by atoms with E-state index in [0.29, 0.717) is 6.42 Å². The van der Waals surface area contributed by atoms with E-state index in [1.54, 1.807) is 22.7 Å². The van der Waals surface area contributed by atoms with Gasteiger partial charge >= 0.3 is 0 Å². The van der Waals surface area contributed by atoms with Crippen LogP contribution >= 0.6 is 22.7 Å². The molecule has 2 aromatic rings. The number of nitrogens with one attached hydrogen (secondary N) is 1. The number of nitrogens with zero attached hydrogens (tertiary/aromatic N) is 2. The molecule has 6 heteroatoms. The largest absolute Gasteiger partial charge is 0.348 e. The molecule has 1 atom stereocenters. The van der Waals surface area contributed by atoms with Crippen molar-refractivity contribution in [2.24, 2.45) is 0 Å². The number of thiophene rings is 1. The van der Waals surface area contributed by atoms with E-state index in [4.69, 9.17) is 4.98 Å². The molecular weight excluding hydrogens is 302 g/mol. The lowest BCUT2D eigenvalue weighted by Gasteiger charge is -2.25. The first kappa shape index (κ1) is 13.3. The zero-order chi connectivity index (χ0) is 14.2. The highest BCUT2D eigenvalue weighted by molar-refractivity contribution is 7.16. The second-order valence-electron chi connectivity index (χ2n) is 5.58. The van der Waals surface area contributed by atoms with Gasteiger partial charge < -0.3 is 10.2 Å². The molecule has 0 radical (unpaired) electrons. The molecule has 2 aliphatic heterocycles. The molecule has 0 spiro atoms. The van der Waals surface area contributed by atoms with E-state index in [2.05, 4.69) is 27.7 Å². The Morgan fingerprint density at radius 1 is 1.29 bits per heavy atom. The van der Waals surface area contributed by atoms with Crippen molar-refractivity contribution in [2.75, 3.05) is 23.3 Å². The zero-order valence-corrected chi connectivity index (χ0v) is 13.3. The lowest BCUT2D eigenvalue weighted by molar-refractivity contribution is -0.116. The van der Waals surface area contributed by atoms with Crippen LogP contribution in [0.3, 0.4) is 0 Å². The van der Waals surface area contributed by atoms with Crippen molar-refractivity contribution in [2.45, 2.75) is 31.6 Å². The van der Waals surface area contributed by atoms with Gasteiger partial charge in [-0.1, -0.05) is 17.4 Å². The third kappa shape index (κ3) is 2.46. The smallest absolute Gasteiger partial charge is 0.226 e. The molecule has 1 fully saturated rings. The number of piperidine rings is 1. The minimum Gasteiger partial charge on any atom is -0.348 e. The van der Waals surface area contributed by atoms with Gasteiger partial charge in [-0.2, -0.15) is 0 Å². The predicted molar refractivity (Wildman–Crippen MR) is 87.6 cm³/mol. The Kier molecular flexibility index (Phi) is 3.43. The molecule has 0 bridgehead atoms. The molecule has 2 aromatic heterocycles. The predicted octanol–water partition coefficient (Wildman–Crippen LogP) is 3.67. The summed E-state index contributed by atoms with van der Waals surface area (Å²) in [4.78, 5) is 21.5. The molecule has 4 nitrogen and oxygen atoms in total. The van der Waals surface area contributed by atoms with Crippen molar-refractivity contribution in [1.82, 2.24) is 4.98 Å². The van der Waals surface area contributed by atoms with Gasteiger partial charge in [0.25, 0.3) is 0 Å². The number of carbonyl (C=O) groups is 1. The van der Waals surface area contributed by atoms with E-state index in [0.717, 1.165) is 24.0 Å². The van der Waals surface area contributed by atoms with Gasteiger partial charge in [-0.25, -0.2) is 4.98 Å². The van der Waals surface area contributed by atoms with Crippen LogP contribution < -0.4 is 10.2 Å². The Bertz CT molecular complexity index is 644. The molecule has 0 aromatic carbocycles. The van der Waals surface area contributed by atoms with Crippen LogP contribution in [-0.2, 0) is 4.79 Å². The molecule has 4 heterocycles. The molecule has 4 rings (SSSR count). The molecule has 0 aliphatic carbocycles. The number of hydrogen-bond acceptors (Lipinski definition) is 5. The molecule has 110 valence electrons. The SMILES string of the molecule is O=C1CC(c2cccs2)c2sc(N3CCCCC3)nc2N1. The minimum absolute atomic E-state index is 0.0800. The molecule has 21 heavy (non-hydrogen) atoms. The van der Waals surface area contributed by atoms with E-state index in [-0.39, 0.29) is 11.8 Å². The van der Waals surface area contributed by atoms with E-state index in [9.17, 15) is 4.79 Å². The Balaban J connectivity index is 1.70. The molecular formula is C15H17N3OS2. The Morgan fingerprint density at radius 3 is 2.90 bits per heavy atom. The molecule has 1 N–H and O–H groups in total. The molecule has 2 aliphatic rings. The second kappa shape index (κ2) is 5.42. The molecule has 1 unspecified atom stereocenters. The lowest BCUT2D eigenvalue weighted by Crippen LogP contribution is -2.29. The van der Waals surface area contributed by atoms with Gasteiger partial charge in [-0.3, -0.25) is 4.79 Å². The number of aromatic nitrogens is 1. The van der Waals surface area contributed by atoms with Crippen molar-refractivity contribution in [1.29, 1.82) is 0 Å². The highest BCUT2D eigenvalue weighted by Gasteiger charge is 2.31. The first-order valence-electron chi connectivity index (χ1n) is 7.40. The second-order valence-corrected chi connectivity index (χ2v) is 7.57. The number of fused-ring (bicyclic) bond motifs is 1. The Hall–Kier alpha value is -1.40. The summed E-state index contributed by atoms with van der Waals surface area (Å²) in [5.74, 6) is 1.05. The highest BCUT2D eigenvalue weighted by Crippen LogP contribution is 2.44. The van der Waals surface area contributed by atoms with Crippen LogP contribution in [0.5, 0.6) is 0 Å². The van der Waals surface area contributed by atoms with E-state index in [1.807, 2.05) is 0 Å². The third-order valence-corrected chi connectivity index (χ3v) is 6.33. The van der Waals surface area contributed by atoms with Crippen LogP contribution in [-0.4, -0.2) is 24.0 Å². The number of thiazole rings is 1. The van der Waals surface area contributed by atoms with E-state index in [1.165, 1.54) is 29.0 Å². The van der Waals surface area contributed by atoms with Crippen LogP contribution in [0.2, 0.25) is 0 Å². The van der Waals surface area contributed by atoms with Crippen LogP contribution in [0.25, 0.3) is 0 Å². The Morgan fingerprint density at radius 2 is 2.14 bits per heavy atom. The summed E-state index contributed by atoms with van der Waals surface area (Å²) < 4.78 is 0. The first-order chi connectivity index (χ1) is 10.3. The first-order valence-corrected chi connectivity index (χ1v) is 9.10. The fraction of sp³-hybridized carbons (Fsp3) is 0.467. The summed E-state index contributed by atoms with van der Waals surface area (Å²) in [6, 6.07) is 4.18. The molecule has 1 saturated heterocycles. The number of carbonyl (C=O) groups excluding carboxylic acids is 1. The fourth-order valence-electron chi connectivity index (χ4n) is 3.05. The van der Waals surface area contributed by atoms with Gasteiger partial charge in [-0.15, -0.1) is 11.3 Å². The normalized spacial score (nSPS) is 22.0. The summed E-state index contributed by atoms with van der Waals surface area (Å²) in [6.45, 7) is 2.17. The zero-order valence-electron chi connectivity index (χ0n) is 11.7. The summed E-state index contributed by atoms with van der Waals surface area (Å²) in [5.41, 5.74) is 0. The summed E-state index contributed by atoms with van der Waals surface area (Å²) in [5, 5.41) is 6.10. The van der Waals surface area contributed by atoms with Gasteiger partial charge in [-0.05, 0) is 30.7 Å². The van der Waals surface area contributed by atoms with Crippen LogP contribution in [0.1, 0.15) is 41.4 Å². The quantitative estimate of drug-likeness (QED) is 0.918. The maximum absolute atomic E-state index is 12.0. The van der Waals surface area contributed by atoms with Gasteiger partial charge in [0.05, 0.1) is 4.88 Å². The Labute approximate surface area is 131 Å². The average Bonchev–Trinajstić information content (AvgIpc) is 3.16. The van der Waals surface area contributed by atoms with E-state index >= 15 is 0 Å². The molecule has 0 saturated carbocycles. The molecule has 1 amide bonds. The number of anilines is 2. The number of hydrogen-bond donors (Lipinski definition) is 1. The summed E-state index contributed by atoms with van der Waals surface area (Å²) >= 11 is 3.48. The van der Waals surface area contributed by atoms with E-state index < -0.39 is 0 Å². The summed E-state index contributed by atoms with van der Waals surface area (Å²) in [6.07, 6.45) is 4.33. The van der Waals surface area contributed by atoms with Gasteiger partial charge in [0.15, 0.2) is 5.13 Å². The maximum atomic E-state index is 12.0. The van der Waals surface area contributed by atoms with Crippen molar-refractivity contribution < 1.29 is 4.79 Å². The van der Waals surface area contributed by atoms with Crippen molar-refractivity contribution >= 4 is 39.5 Å². The minimum atomic E-state index is 0.0800. The number of amides is 1. The van der Waals surface area contributed by atoms with Gasteiger partial charge in [0, 0.05) is 30.3 Å². The van der Waals surface area contributed by atoms with Gasteiger partial charge in [0.1, 0.15) is 5.82 Å². The maximum Gasteiger partial charge on any atom is 0.226 e. The third-order valence-electron chi connectivity index (χ3n) is 4.12. The average molecular weight is 319 g/mol. The van der Waals surface area contributed by atoms with Crippen molar-refractivity contribution in [3.05, 3.63) is 27.3 Å². The van der Waals surface area contributed by atoms with Crippen LogP contribution in [0.15, 0.2) is 17.5 Å².